The van der Waals surface area contributed by atoms with Crippen molar-refractivity contribution in [2.24, 2.45) is 0 Å². The van der Waals surface area contributed by atoms with Gasteiger partial charge in [0.05, 0.1) is 50.1 Å². The summed E-state index contributed by atoms with van der Waals surface area (Å²) in [5.41, 5.74) is -4.27. The summed E-state index contributed by atoms with van der Waals surface area (Å²) >= 11 is 0. The molecule has 0 aliphatic carbocycles. The highest BCUT2D eigenvalue weighted by Crippen LogP contribution is 2.52. The highest BCUT2D eigenvalue weighted by atomic mass is 19.4. The van der Waals surface area contributed by atoms with Gasteiger partial charge in [0, 0.05) is 32.7 Å². The number of halogens is 9. The predicted octanol–water partition coefficient (Wildman–Crippen LogP) is 14.3. The van der Waals surface area contributed by atoms with Crippen molar-refractivity contribution in [1.82, 2.24) is 9.13 Å². The van der Waals surface area contributed by atoms with Gasteiger partial charge in [-0.3, -0.25) is 0 Å². The first kappa shape index (κ1) is 35.2. The van der Waals surface area contributed by atoms with E-state index in [0.29, 0.717) is 55.7 Å². The zero-order valence-corrected chi connectivity index (χ0v) is 28.7. The zero-order chi connectivity index (χ0) is 39.1. The second-order valence-corrected chi connectivity index (χ2v) is 13.4. The van der Waals surface area contributed by atoms with Crippen LogP contribution in [0.25, 0.3) is 77.2 Å². The summed E-state index contributed by atoms with van der Waals surface area (Å²) in [6, 6.07) is 36.6. The monoisotopic (exact) mass is 764 g/mol. The summed E-state index contributed by atoms with van der Waals surface area (Å²) in [5.74, 6) is 0. The first-order valence-electron chi connectivity index (χ1n) is 17.3. The Labute approximate surface area is 312 Å². The average Bonchev–Trinajstić information content (AvgIpc) is 3.69. The van der Waals surface area contributed by atoms with Crippen molar-refractivity contribution < 1.29 is 39.5 Å². The molecule has 0 aliphatic heterocycles. The van der Waals surface area contributed by atoms with Gasteiger partial charge in [-0.05, 0) is 65.7 Å². The summed E-state index contributed by atoms with van der Waals surface area (Å²) in [6.45, 7) is 0. The zero-order valence-electron chi connectivity index (χ0n) is 28.7. The van der Waals surface area contributed by atoms with E-state index in [1.54, 1.807) is 106 Å². The Hall–Kier alpha value is -6.49. The molecule has 0 atom stereocenters. The van der Waals surface area contributed by atoms with E-state index in [-0.39, 0.29) is 11.4 Å². The van der Waals surface area contributed by atoms with Gasteiger partial charge in [0.15, 0.2) is 0 Å². The molecule has 2 heterocycles. The number of alkyl halides is 9. The lowest BCUT2D eigenvalue weighted by atomic mass is 9.87. The van der Waals surface area contributed by atoms with E-state index < -0.39 is 57.5 Å². The van der Waals surface area contributed by atoms with Crippen LogP contribution in [0.5, 0.6) is 0 Å². The molecule has 0 spiro atoms. The lowest BCUT2D eigenvalue weighted by molar-refractivity contribution is -0.138. The molecule has 0 aliphatic rings. The molecule has 9 rings (SSSR count). The Morgan fingerprint density at radius 3 is 0.946 bits per heavy atom. The fraction of sp³-hybridized carbons (Fsp3) is 0.0667. The minimum Gasteiger partial charge on any atom is -0.309 e. The van der Waals surface area contributed by atoms with Gasteiger partial charge in [-0.15, -0.1) is 0 Å². The summed E-state index contributed by atoms with van der Waals surface area (Å²) in [5, 5.41) is 2.69. The molecule has 0 N–H and O–H groups in total. The molecule has 2 nitrogen and oxygen atoms in total. The van der Waals surface area contributed by atoms with Gasteiger partial charge >= 0.3 is 18.5 Å². The molecule has 0 radical (unpaired) electrons. The molecular weight excluding hydrogens is 739 g/mol. The molecule has 0 fully saturated rings. The van der Waals surface area contributed by atoms with Crippen LogP contribution in [0, 0.1) is 0 Å². The largest absolute Gasteiger partial charge is 0.417 e. The molecule has 9 aromatic rings. The molecule has 2 aromatic heterocycles. The van der Waals surface area contributed by atoms with E-state index in [4.69, 9.17) is 0 Å². The SMILES string of the molecule is FC(F)(F)c1cccc(-c2c(-n3c4ccccc4c4ccccc43)cc(-n3c4ccccc4c4ccccc43)c(-c3cccc(C(F)(F)F)c3)c2C(F)(F)F)c1. The Morgan fingerprint density at radius 1 is 0.321 bits per heavy atom. The Balaban J connectivity index is 1.58. The van der Waals surface area contributed by atoms with Crippen molar-refractivity contribution in [2.45, 2.75) is 18.5 Å². The topological polar surface area (TPSA) is 9.86 Å². The van der Waals surface area contributed by atoms with E-state index in [1.807, 2.05) is 0 Å². The maximum Gasteiger partial charge on any atom is 0.417 e. The molecule has 278 valence electrons. The van der Waals surface area contributed by atoms with Crippen LogP contribution in [0.4, 0.5) is 39.5 Å². The molecule has 0 saturated carbocycles. The Kier molecular flexibility index (Phi) is 7.88. The summed E-state index contributed by atoms with van der Waals surface area (Å²) < 4.78 is 138. The van der Waals surface area contributed by atoms with Crippen LogP contribution in [0.1, 0.15) is 16.7 Å². The highest BCUT2D eigenvalue weighted by molar-refractivity contribution is 6.12. The minimum atomic E-state index is -5.32. The lowest BCUT2D eigenvalue weighted by Gasteiger charge is -2.27. The summed E-state index contributed by atoms with van der Waals surface area (Å²) in [6.07, 6.45) is -15.2. The van der Waals surface area contributed by atoms with Gasteiger partial charge in [-0.2, -0.15) is 39.5 Å². The van der Waals surface area contributed by atoms with Gasteiger partial charge in [0.1, 0.15) is 0 Å². The van der Waals surface area contributed by atoms with Gasteiger partial charge in [0.2, 0.25) is 0 Å². The molecule has 56 heavy (non-hydrogen) atoms. The van der Waals surface area contributed by atoms with Crippen molar-refractivity contribution >= 4 is 43.6 Å². The smallest absolute Gasteiger partial charge is 0.309 e. The second kappa shape index (κ2) is 12.5. The van der Waals surface area contributed by atoms with E-state index in [2.05, 4.69) is 0 Å². The third-order valence-corrected chi connectivity index (χ3v) is 10.2. The van der Waals surface area contributed by atoms with Crippen LogP contribution in [0.3, 0.4) is 0 Å². The maximum atomic E-state index is 16.4. The number of hydrogen-bond donors (Lipinski definition) is 0. The van der Waals surface area contributed by atoms with E-state index in [0.717, 1.165) is 36.4 Å². The number of aromatic nitrogens is 2. The van der Waals surface area contributed by atoms with Crippen molar-refractivity contribution in [1.29, 1.82) is 0 Å². The lowest BCUT2D eigenvalue weighted by Crippen LogP contribution is -2.16. The first-order valence-corrected chi connectivity index (χ1v) is 17.3. The molecule has 11 heteroatoms. The Bertz CT molecular complexity index is 2700. The van der Waals surface area contributed by atoms with Crippen molar-refractivity contribution in [3.8, 4) is 33.6 Å². The number of benzene rings is 7. The molecule has 0 unspecified atom stereocenters. The molecule has 7 aromatic carbocycles. The molecule has 0 amide bonds. The van der Waals surface area contributed by atoms with Crippen LogP contribution >= 0.6 is 0 Å². The van der Waals surface area contributed by atoms with Gasteiger partial charge in [0.25, 0.3) is 0 Å². The first-order chi connectivity index (χ1) is 26.7. The van der Waals surface area contributed by atoms with Crippen LogP contribution in [0.15, 0.2) is 152 Å². The number of nitrogens with zero attached hydrogens (tertiary/aromatic N) is 2. The maximum absolute atomic E-state index is 16.4. The number of hydrogen-bond acceptors (Lipinski definition) is 0. The van der Waals surface area contributed by atoms with Crippen LogP contribution in [-0.2, 0) is 18.5 Å². The van der Waals surface area contributed by atoms with Gasteiger partial charge in [-0.1, -0.05) is 97.1 Å². The fourth-order valence-electron chi connectivity index (χ4n) is 7.94. The second-order valence-electron chi connectivity index (χ2n) is 13.4. The van der Waals surface area contributed by atoms with Crippen molar-refractivity contribution in [3.05, 3.63) is 168 Å². The third-order valence-electron chi connectivity index (χ3n) is 10.2. The van der Waals surface area contributed by atoms with Crippen molar-refractivity contribution in [3.63, 3.8) is 0 Å². The normalized spacial score (nSPS) is 12.7. The van der Waals surface area contributed by atoms with Crippen LogP contribution in [-0.4, -0.2) is 9.13 Å². The van der Waals surface area contributed by atoms with Crippen LogP contribution < -0.4 is 0 Å². The number of rotatable bonds is 4. The molecule has 0 saturated heterocycles. The molecule has 0 bridgehead atoms. The van der Waals surface area contributed by atoms with E-state index in [1.165, 1.54) is 6.07 Å². The number of fused-ring (bicyclic) bond motifs is 6. The van der Waals surface area contributed by atoms with Crippen molar-refractivity contribution in [2.75, 3.05) is 0 Å². The average molecular weight is 765 g/mol. The number of para-hydroxylation sites is 4. The minimum absolute atomic E-state index is 0.123. The Morgan fingerprint density at radius 2 is 0.643 bits per heavy atom. The van der Waals surface area contributed by atoms with E-state index >= 15 is 13.2 Å². The van der Waals surface area contributed by atoms with Crippen LogP contribution in [0.2, 0.25) is 0 Å². The van der Waals surface area contributed by atoms with Gasteiger partial charge < -0.3 is 9.13 Å². The quantitative estimate of drug-likeness (QED) is 0.158. The molecular formula is C45H25F9N2. The highest BCUT2D eigenvalue weighted by Gasteiger charge is 2.42. The summed E-state index contributed by atoms with van der Waals surface area (Å²) in [4.78, 5) is 0. The fourth-order valence-corrected chi connectivity index (χ4v) is 7.94. The standard InChI is InChI=1S/C45H25F9N2/c46-43(47,48)28-13-9-11-26(23-28)40-38(55-34-19-5-1-15-30(34)31-16-2-6-20-35(31)55)25-39(56-36-21-7-3-17-32(36)33-18-4-8-22-37(33)56)41(42(40)45(52,53)54)27-12-10-14-29(24-27)44(49,50)51/h1-25H. The van der Waals surface area contributed by atoms with E-state index in [9.17, 15) is 26.3 Å². The third kappa shape index (κ3) is 5.60. The predicted molar refractivity (Wildman–Crippen MR) is 201 cm³/mol. The summed E-state index contributed by atoms with van der Waals surface area (Å²) in [7, 11) is 0. The van der Waals surface area contributed by atoms with Gasteiger partial charge in [-0.25, -0.2) is 0 Å².